The van der Waals surface area contributed by atoms with Crippen LogP contribution in [0.15, 0.2) is 0 Å². The molecule has 1 saturated heterocycles. The third-order valence-corrected chi connectivity index (χ3v) is 5.46. The summed E-state index contributed by atoms with van der Waals surface area (Å²) in [6.07, 6.45) is 2.42. The van der Waals surface area contributed by atoms with E-state index in [4.69, 9.17) is 0 Å². The molecule has 2 N–H and O–H groups in total. The van der Waals surface area contributed by atoms with E-state index in [0.29, 0.717) is 25.0 Å². The van der Waals surface area contributed by atoms with E-state index in [1.165, 1.54) is 25.9 Å². The van der Waals surface area contributed by atoms with Gasteiger partial charge in [-0.25, -0.2) is 13.1 Å². The number of piperidine rings is 1. The summed E-state index contributed by atoms with van der Waals surface area (Å²) in [5.41, 5.74) is 0. The lowest BCUT2D eigenvalue weighted by atomic mass is 9.90. The molecule has 1 aliphatic rings. The first-order valence-electron chi connectivity index (χ1n) is 7.41. The van der Waals surface area contributed by atoms with Crippen LogP contribution in [0.25, 0.3) is 0 Å². The maximum atomic E-state index is 11.5. The van der Waals surface area contributed by atoms with Crippen LogP contribution in [0.3, 0.4) is 0 Å². The smallest absolute Gasteiger partial charge is 0.212 e. The zero-order valence-corrected chi connectivity index (χ0v) is 13.3. The second kappa shape index (κ2) is 8.19. The number of likely N-dealkylation sites (tertiary alicyclic amines) is 1. The van der Waals surface area contributed by atoms with Crippen molar-refractivity contribution < 1.29 is 8.42 Å². The highest BCUT2D eigenvalue weighted by Crippen LogP contribution is 2.20. The van der Waals surface area contributed by atoms with Crippen molar-refractivity contribution in [2.45, 2.75) is 39.7 Å². The standard InChI is InChI=1S/C13H29N3O2S/c1-4-15-19(17,18)11-8-14-12(3)13-6-9-16(5-2)10-7-13/h12-15H,4-11H2,1-3H3. The number of nitrogens with zero attached hydrogens (tertiary/aromatic N) is 1. The van der Waals surface area contributed by atoms with Gasteiger partial charge < -0.3 is 10.2 Å². The van der Waals surface area contributed by atoms with Gasteiger partial charge in [0.15, 0.2) is 0 Å². The quantitative estimate of drug-likeness (QED) is 0.689. The Morgan fingerprint density at radius 2 is 1.89 bits per heavy atom. The van der Waals surface area contributed by atoms with E-state index < -0.39 is 10.0 Å². The van der Waals surface area contributed by atoms with Gasteiger partial charge in [-0.1, -0.05) is 13.8 Å². The zero-order valence-electron chi connectivity index (χ0n) is 12.5. The van der Waals surface area contributed by atoms with Crippen LogP contribution in [0.5, 0.6) is 0 Å². The molecule has 19 heavy (non-hydrogen) atoms. The van der Waals surface area contributed by atoms with Gasteiger partial charge in [-0.3, -0.25) is 0 Å². The molecule has 1 rings (SSSR count). The molecule has 0 saturated carbocycles. The summed E-state index contributed by atoms with van der Waals surface area (Å²) in [6, 6.07) is 0.399. The predicted molar refractivity (Wildman–Crippen MR) is 79.8 cm³/mol. The molecule has 114 valence electrons. The van der Waals surface area contributed by atoms with Crippen molar-refractivity contribution in [3.63, 3.8) is 0 Å². The van der Waals surface area contributed by atoms with Crippen LogP contribution in [0.4, 0.5) is 0 Å². The van der Waals surface area contributed by atoms with Crippen molar-refractivity contribution in [2.75, 3.05) is 38.5 Å². The van der Waals surface area contributed by atoms with Gasteiger partial charge in [-0.2, -0.15) is 0 Å². The minimum absolute atomic E-state index is 0.166. The number of rotatable bonds is 8. The molecule has 1 heterocycles. The van der Waals surface area contributed by atoms with Gasteiger partial charge in [0.05, 0.1) is 5.75 Å². The first-order chi connectivity index (χ1) is 8.98. The van der Waals surface area contributed by atoms with E-state index in [-0.39, 0.29) is 5.75 Å². The fourth-order valence-electron chi connectivity index (χ4n) is 2.65. The summed E-state index contributed by atoms with van der Waals surface area (Å²) in [5, 5.41) is 3.36. The highest BCUT2D eigenvalue weighted by Gasteiger charge is 2.23. The summed E-state index contributed by atoms with van der Waals surface area (Å²) < 4.78 is 25.5. The zero-order chi connectivity index (χ0) is 14.3. The van der Waals surface area contributed by atoms with Gasteiger partial charge >= 0.3 is 0 Å². The minimum Gasteiger partial charge on any atom is -0.313 e. The fraction of sp³-hybridized carbons (Fsp3) is 1.00. The molecule has 1 unspecified atom stereocenters. The van der Waals surface area contributed by atoms with Crippen LogP contribution < -0.4 is 10.0 Å². The predicted octanol–water partition coefficient (Wildman–Crippen LogP) is 0.636. The number of sulfonamides is 1. The second-order valence-electron chi connectivity index (χ2n) is 5.33. The summed E-state index contributed by atoms with van der Waals surface area (Å²) in [6.45, 7) is 10.6. The van der Waals surface area contributed by atoms with E-state index >= 15 is 0 Å². The van der Waals surface area contributed by atoms with Crippen LogP contribution in [0.1, 0.15) is 33.6 Å². The van der Waals surface area contributed by atoms with Crippen molar-refractivity contribution in [3.05, 3.63) is 0 Å². The lowest BCUT2D eigenvalue weighted by Gasteiger charge is -2.34. The normalized spacial score (nSPS) is 20.6. The summed E-state index contributed by atoms with van der Waals surface area (Å²) in [5.74, 6) is 0.837. The third kappa shape index (κ3) is 6.21. The largest absolute Gasteiger partial charge is 0.313 e. The van der Waals surface area contributed by atoms with E-state index in [1.807, 2.05) is 0 Å². The van der Waals surface area contributed by atoms with Gasteiger partial charge in [0, 0.05) is 19.1 Å². The van der Waals surface area contributed by atoms with Crippen molar-refractivity contribution >= 4 is 10.0 Å². The molecular weight excluding hydrogens is 262 g/mol. The molecule has 0 amide bonds. The molecule has 0 aromatic rings. The van der Waals surface area contributed by atoms with Gasteiger partial charge in [0.1, 0.15) is 0 Å². The Morgan fingerprint density at radius 3 is 2.42 bits per heavy atom. The van der Waals surface area contributed by atoms with Crippen molar-refractivity contribution in [1.29, 1.82) is 0 Å². The molecule has 1 fully saturated rings. The highest BCUT2D eigenvalue weighted by molar-refractivity contribution is 7.89. The van der Waals surface area contributed by atoms with E-state index in [0.717, 1.165) is 6.54 Å². The van der Waals surface area contributed by atoms with Crippen LogP contribution in [0, 0.1) is 5.92 Å². The molecule has 5 nitrogen and oxygen atoms in total. The molecule has 6 heteroatoms. The average Bonchev–Trinajstić information content (AvgIpc) is 2.38. The van der Waals surface area contributed by atoms with Gasteiger partial charge in [0.2, 0.25) is 10.0 Å². The molecular formula is C13H29N3O2S. The Morgan fingerprint density at radius 1 is 1.26 bits per heavy atom. The first-order valence-corrected chi connectivity index (χ1v) is 9.06. The molecule has 0 aromatic carbocycles. The average molecular weight is 291 g/mol. The maximum absolute atomic E-state index is 11.5. The monoisotopic (exact) mass is 291 g/mol. The lowest BCUT2D eigenvalue weighted by molar-refractivity contribution is 0.170. The second-order valence-corrected chi connectivity index (χ2v) is 7.26. The molecule has 0 radical (unpaired) electrons. The van der Waals surface area contributed by atoms with Crippen molar-refractivity contribution in [3.8, 4) is 0 Å². The topological polar surface area (TPSA) is 61.4 Å². The molecule has 0 aliphatic carbocycles. The molecule has 0 spiro atoms. The van der Waals surface area contributed by atoms with Crippen molar-refractivity contribution in [2.24, 2.45) is 5.92 Å². The van der Waals surface area contributed by atoms with E-state index in [9.17, 15) is 8.42 Å². The SMILES string of the molecule is CCNS(=O)(=O)CCNC(C)C1CCN(CC)CC1. The van der Waals surface area contributed by atoms with Crippen LogP contribution in [-0.2, 0) is 10.0 Å². The van der Waals surface area contributed by atoms with Crippen LogP contribution in [-0.4, -0.2) is 57.8 Å². The Kier molecular flexibility index (Phi) is 7.28. The molecule has 0 aromatic heterocycles. The molecule has 0 bridgehead atoms. The van der Waals surface area contributed by atoms with Crippen LogP contribution in [0.2, 0.25) is 0 Å². The van der Waals surface area contributed by atoms with E-state index in [1.54, 1.807) is 6.92 Å². The Hall–Kier alpha value is -0.170. The van der Waals surface area contributed by atoms with Gasteiger partial charge in [-0.05, 0) is 45.3 Å². The number of hydrogen-bond donors (Lipinski definition) is 2. The van der Waals surface area contributed by atoms with Crippen molar-refractivity contribution in [1.82, 2.24) is 14.9 Å². The Bertz CT molecular complexity index is 338. The first kappa shape index (κ1) is 16.9. The summed E-state index contributed by atoms with van der Waals surface area (Å²) in [4.78, 5) is 2.47. The number of nitrogens with one attached hydrogen (secondary N) is 2. The minimum atomic E-state index is -3.09. The third-order valence-electron chi connectivity index (χ3n) is 3.99. The Labute approximate surface area is 118 Å². The van der Waals surface area contributed by atoms with Gasteiger partial charge in [0.25, 0.3) is 0 Å². The van der Waals surface area contributed by atoms with E-state index in [2.05, 4.69) is 28.8 Å². The summed E-state index contributed by atoms with van der Waals surface area (Å²) in [7, 11) is -3.09. The molecule has 1 atom stereocenters. The van der Waals surface area contributed by atoms with Crippen LogP contribution >= 0.6 is 0 Å². The Balaban J connectivity index is 2.23. The molecule has 1 aliphatic heterocycles. The lowest BCUT2D eigenvalue weighted by Crippen LogP contribution is -2.43. The highest BCUT2D eigenvalue weighted by atomic mass is 32.2. The maximum Gasteiger partial charge on any atom is 0.212 e. The number of hydrogen-bond acceptors (Lipinski definition) is 4. The summed E-state index contributed by atoms with van der Waals surface area (Å²) >= 11 is 0. The van der Waals surface area contributed by atoms with Gasteiger partial charge in [-0.15, -0.1) is 0 Å². The fourth-order valence-corrected chi connectivity index (χ4v) is 3.62.